The Morgan fingerprint density at radius 3 is 2.43 bits per heavy atom. The van der Waals surface area contributed by atoms with E-state index in [1.54, 1.807) is 26.0 Å². The van der Waals surface area contributed by atoms with E-state index >= 15 is 0 Å². The summed E-state index contributed by atoms with van der Waals surface area (Å²) in [5.74, 6) is 0.198. The molecule has 0 fully saturated rings. The molecular formula is C13H21N3O4S. The summed E-state index contributed by atoms with van der Waals surface area (Å²) in [6, 6.07) is 6.16. The van der Waals surface area contributed by atoms with Crippen LogP contribution < -0.4 is 10.5 Å². The zero-order chi connectivity index (χ0) is 16.0. The molecule has 0 aliphatic rings. The summed E-state index contributed by atoms with van der Waals surface area (Å²) in [7, 11) is -2.11. The molecule has 0 saturated heterocycles. The highest BCUT2D eigenvalue weighted by molar-refractivity contribution is 7.89. The second-order valence-electron chi connectivity index (χ2n) is 4.56. The number of sulfonamides is 1. The Kier molecular flexibility index (Phi) is 5.98. The van der Waals surface area contributed by atoms with Crippen LogP contribution in [0.25, 0.3) is 0 Å². The second kappa shape index (κ2) is 7.28. The van der Waals surface area contributed by atoms with Crippen molar-refractivity contribution in [3.05, 3.63) is 24.3 Å². The third-order valence-electron chi connectivity index (χ3n) is 3.15. The maximum Gasteiger partial charge on any atom is 0.243 e. The Bertz CT molecular complexity index is 584. The molecule has 1 rings (SSSR count). The number of hydrogen-bond donors (Lipinski definition) is 2. The Morgan fingerprint density at radius 2 is 2.00 bits per heavy atom. The van der Waals surface area contributed by atoms with Gasteiger partial charge in [0, 0.05) is 19.0 Å². The van der Waals surface area contributed by atoms with Crippen LogP contribution in [0.1, 0.15) is 13.8 Å². The number of methoxy groups -OCH3 is 1. The largest absolute Gasteiger partial charge is 0.497 e. The van der Waals surface area contributed by atoms with E-state index in [1.165, 1.54) is 23.5 Å². The lowest BCUT2D eigenvalue weighted by Gasteiger charge is -2.23. The van der Waals surface area contributed by atoms with Gasteiger partial charge in [-0.2, -0.15) is 4.31 Å². The first-order valence-electron chi connectivity index (χ1n) is 6.48. The highest BCUT2D eigenvalue weighted by Crippen LogP contribution is 2.20. The molecular weight excluding hydrogens is 294 g/mol. The van der Waals surface area contributed by atoms with E-state index in [9.17, 15) is 8.42 Å². The minimum Gasteiger partial charge on any atom is -0.497 e. The fourth-order valence-electron chi connectivity index (χ4n) is 1.79. The van der Waals surface area contributed by atoms with Crippen molar-refractivity contribution in [3.63, 3.8) is 0 Å². The summed E-state index contributed by atoms with van der Waals surface area (Å²) in [5, 5.41) is 11.6. The Morgan fingerprint density at radius 1 is 1.43 bits per heavy atom. The Hall–Kier alpha value is -1.80. The van der Waals surface area contributed by atoms with Gasteiger partial charge in [-0.3, -0.25) is 0 Å². The van der Waals surface area contributed by atoms with Crippen molar-refractivity contribution >= 4 is 15.9 Å². The predicted octanol–water partition coefficient (Wildman–Crippen LogP) is 1.09. The first-order chi connectivity index (χ1) is 9.86. The molecule has 0 bridgehead atoms. The molecule has 7 nitrogen and oxygen atoms in total. The van der Waals surface area contributed by atoms with Crippen LogP contribution in [-0.4, -0.2) is 44.0 Å². The van der Waals surface area contributed by atoms with Gasteiger partial charge < -0.3 is 15.7 Å². The molecule has 1 aromatic carbocycles. The summed E-state index contributed by atoms with van der Waals surface area (Å²) < 4.78 is 31.4. The van der Waals surface area contributed by atoms with Crippen molar-refractivity contribution in [2.75, 3.05) is 20.2 Å². The van der Waals surface area contributed by atoms with E-state index in [0.29, 0.717) is 5.75 Å². The third-order valence-corrected chi connectivity index (χ3v) is 5.10. The van der Waals surface area contributed by atoms with Gasteiger partial charge in [0.2, 0.25) is 10.0 Å². The van der Waals surface area contributed by atoms with Gasteiger partial charge in [-0.25, -0.2) is 8.42 Å². The van der Waals surface area contributed by atoms with Crippen LogP contribution in [-0.2, 0) is 10.0 Å². The summed E-state index contributed by atoms with van der Waals surface area (Å²) in [6.07, 6.45) is 0. The maximum absolute atomic E-state index is 12.6. The van der Waals surface area contributed by atoms with Gasteiger partial charge in [0.25, 0.3) is 0 Å². The van der Waals surface area contributed by atoms with E-state index in [2.05, 4.69) is 5.16 Å². The molecule has 118 valence electrons. The fraction of sp³-hybridized carbons (Fsp3) is 0.462. The quantitative estimate of drug-likeness (QED) is 0.339. The molecule has 1 unspecified atom stereocenters. The SMILES string of the molecule is CCN(CC(C)C(N)=NO)S(=O)(=O)c1ccc(OC)cc1. The van der Waals surface area contributed by atoms with Crippen LogP contribution in [0.4, 0.5) is 0 Å². The lowest BCUT2D eigenvalue weighted by Crippen LogP contribution is -2.38. The highest BCUT2D eigenvalue weighted by atomic mass is 32.2. The monoisotopic (exact) mass is 315 g/mol. The fourth-order valence-corrected chi connectivity index (χ4v) is 3.33. The van der Waals surface area contributed by atoms with E-state index < -0.39 is 10.0 Å². The Labute approximate surface area is 125 Å². The molecule has 0 aliphatic carbocycles. The van der Waals surface area contributed by atoms with Crippen LogP contribution >= 0.6 is 0 Å². The molecule has 0 amide bonds. The van der Waals surface area contributed by atoms with E-state index in [4.69, 9.17) is 15.7 Å². The van der Waals surface area contributed by atoms with Gasteiger partial charge in [-0.05, 0) is 24.3 Å². The van der Waals surface area contributed by atoms with Gasteiger partial charge in [-0.1, -0.05) is 19.0 Å². The van der Waals surface area contributed by atoms with E-state index in [0.717, 1.165) is 0 Å². The smallest absolute Gasteiger partial charge is 0.243 e. The average molecular weight is 315 g/mol. The molecule has 3 N–H and O–H groups in total. The number of ether oxygens (including phenoxy) is 1. The molecule has 8 heteroatoms. The minimum atomic E-state index is -3.63. The number of nitrogens with zero attached hydrogens (tertiary/aromatic N) is 2. The van der Waals surface area contributed by atoms with Crippen molar-refractivity contribution in [3.8, 4) is 5.75 Å². The highest BCUT2D eigenvalue weighted by Gasteiger charge is 2.25. The first-order valence-corrected chi connectivity index (χ1v) is 7.92. The summed E-state index contributed by atoms with van der Waals surface area (Å²) >= 11 is 0. The number of benzene rings is 1. The molecule has 0 radical (unpaired) electrons. The molecule has 1 atom stereocenters. The standard InChI is InChI=1S/C13H21N3O4S/c1-4-16(9-10(2)13(14)15-17)21(18,19)12-7-5-11(20-3)6-8-12/h5-8,10,17H,4,9H2,1-3H3,(H2,14,15). The van der Waals surface area contributed by atoms with Crippen LogP contribution in [0.3, 0.4) is 0 Å². The third kappa shape index (κ3) is 4.08. The molecule has 21 heavy (non-hydrogen) atoms. The summed E-state index contributed by atoms with van der Waals surface area (Å²) in [5.41, 5.74) is 5.50. The Balaban J connectivity index is 3.01. The van der Waals surface area contributed by atoms with Crippen molar-refractivity contribution in [2.24, 2.45) is 16.8 Å². The molecule has 0 aromatic heterocycles. The average Bonchev–Trinajstić information content (AvgIpc) is 2.51. The number of nitrogens with two attached hydrogens (primary N) is 1. The van der Waals surface area contributed by atoms with Gasteiger partial charge >= 0.3 is 0 Å². The van der Waals surface area contributed by atoms with Crippen molar-refractivity contribution in [1.29, 1.82) is 0 Å². The van der Waals surface area contributed by atoms with Crippen molar-refractivity contribution in [1.82, 2.24) is 4.31 Å². The second-order valence-corrected chi connectivity index (χ2v) is 6.50. The predicted molar refractivity (Wildman–Crippen MR) is 80.0 cm³/mol. The number of rotatable bonds is 7. The lowest BCUT2D eigenvalue weighted by molar-refractivity contribution is 0.311. The summed E-state index contributed by atoms with van der Waals surface area (Å²) in [4.78, 5) is 0.178. The van der Waals surface area contributed by atoms with Crippen molar-refractivity contribution < 1.29 is 18.4 Å². The molecule has 0 spiro atoms. The van der Waals surface area contributed by atoms with Crippen LogP contribution in [0.5, 0.6) is 5.75 Å². The van der Waals surface area contributed by atoms with Gasteiger partial charge in [0.15, 0.2) is 0 Å². The lowest BCUT2D eigenvalue weighted by atomic mass is 10.1. The molecule has 0 aliphatic heterocycles. The van der Waals surface area contributed by atoms with E-state index in [1.807, 2.05) is 0 Å². The first kappa shape index (κ1) is 17.3. The molecule has 0 saturated carbocycles. The zero-order valence-corrected chi connectivity index (χ0v) is 13.2. The maximum atomic E-state index is 12.6. The minimum absolute atomic E-state index is 0.00150. The van der Waals surface area contributed by atoms with E-state index in [-0.39, 0.29) is 29.7 Å². The number of oxime groups is 1. The normalized spacial score (nSPS) is 14.2. The van der Waals surface area contributed by atoms with Gasteiger partial charge in [-0.15, -0.1) is 0 Å². The summed E-state index contributed by atoms with van der Waals surface area (Å²) in [6.45, 7) is 3.86. The van der Waals surface area contributed by atoms with Crippen LogP contribution in [0.15, 0.2) is 34.3 Å². The van der Waals surface area contributed by atoms with Crippen LogP contribution in [0.2, 0.25) is 0 Å². The van der Waals surface area contributed by atoms with Gasteiger partial charge in [0.1, 0.15) is 11.6 Å². The molecule has 1 aromatic rings. The number of hydrogen-bond acceptors (Lipinski definition) is 5. The van der Waals surface area contributed by atoms with Gasteiger partial charge in [0.05, 0.1) is 12.0 Å². The molecule has 0 heterocycles. The zero-order valence-electron chi connectivity index (χ0n) is 12.4. The van der Waals surface area contributed by atoms with Crippen LogP contribution in [0, 0.1) is 5.92 Å². The number of amidine groups is 1. The topological polar surface area (TPSA) is 105 Å². The van der Waals surface area contributed by atoms with Crippen molar-refractivity contribution in [2.45, 2.75) is 18.7 Å².